The second kappa shape index (κ2) is 7.98. The van der Waals surface area contributed by atoms with E-state index in [0.717, 1.165) is 22.3 Å². The fourth-order valence-corrected chi connectivity index (χ4v) is 2.78. The van der Waals surface area contributed by atoms with Gasteiger partial charge in [0.1, 0.15) is 0 Å². The number of allylic oxidation sites excluding steroid dienone is 6. The molecule has 0 spiro atoms. The molecule has 0 aliphatic heterocycles. The van der Waals surface area contributed by atoms with E-state index >= 15 is 0 Å². The first-order valence-electron chi connectivity index (χ1n) is 8.68. The second-order valence-electron chi connectivity index (χ2n) is 6.95. The molecule has 0 amide bonds. The molecule has 0 saturated heterocycles. The standard InChI is InChI=1S/C25H28/c1-17(2)23-9-8-10-24(16-23)21(7)25(18(3)4)15-20(6)22-13-11-19(5)12-14-22/h8-16H,1,7H2,2-6H3/b20-15+. The minimum atomic E-state index is 1.05. The number of hydrogen-bond donors (Lipinski definition) is 0. The van der Waals surface area contributed by atoms with Crippen LogP contribution in [0.2, 0.25) is 0 Å². The van der Waals surface area contributed by atoms with Crippen LogP contribution in [0.3, 0.4) is 0 Å². The largest absolute Gasteiger partial charge is 0.0955 e. The Balaban J connectivity index is 2.42. The predicted octanol–water partition coefficient (Wildman–Crippen LogP) is 7.48. The number of aryl methyl sites for hydroxylation is 1. The summed E-state index contributed by atoms with van der Waals surface area (Å²) in [5, 5.41) is 0. The van der Waals surface area contributed by atoms with Crippen molar-refractivity contribution in [2.24, 2.45) is 0 Å². The Labute approximate surface area is 152 Å². The smallest absolute Gasteiger partial charge is 0.0178 e. The minimum absolute atomic E-state index is 1.05. The summed E-state index contributed by atoms with van der Waals surface area (Å²) in [5.41, 5.74) is 10.6. The van der Waals surface area contributed by atoms with E-state index in [9.17, 15) is 0 Å². The Morgan fingerprint density at radius 2 is 1.40 bits per heavy atom. The van der Waals surface area contributed by atoms with Gasteiger partial charge in [-0.05, 0) is 74.1 Å². The Morgan fingerprint density at radius 1 is 0.800 bits per heavy atom. The highest BCUT2D eigenvalue weighted by atomic mass is 14.1. The molecule has 0 saturated carbocycles. The summed E-state index contributed by atoms with van der Waals surface area (Å²) in [6.07, 6.45) is 2.25. The summed E-state index contributed by atoms with van der Waals surface area (Å²) in [4.78, 5) is 0. The Kier molecular flexibility index (Phi) is 5.98. The molecule has 2 aromatic carbocycles. The average molecular weight is 328 g/mol. The van der Waals surface area contributed by atoms with Crippen LogP contribution in [-0.4, -0.2) is 0 Å². The third-order valence-electron chi connectivity index (χ3n) is 4.44. The average Bonchev–Trinajstić information content (AvgIpc) is 2.59. The fourth-order valence-electron chi connectivity index (χ4n) is 2.78. The lowest BCUT2D eigenvalue weighted by Gasteiger charge is -2.13. The van der Waals surface area contributed by atoms with Gasteiger partial charge in [-0.15, -0.1) is 0 Å². The van der Waals surface area contributed by atoms with Gasteiger partial charge < -0.3 is 0 Å². The van der Waals surface area contributed by atoms with Gasteiger partial charge in [-0.2, -0.15) is 0 Å². The molecule has 0 fully saturated rings. The maximum absolute atomic E-state index is 4.38. The van der Waals surface area contributed by atoms with Gasteiger partial charge in [-0.25, -0.2) is 0 Å². The van der Waals surface area contributed by atoms with Crippen LogP contribution in [0.5, 0.6) is 0 Å². The van der Waals surface area contributed by atoms with E-state index in [2.05, 4.69) is 95.5 Å². The molecule has 2 aromatic rings. The quantitative estimate of drug-likeness (QED) is 0.499. The summed E-state index contributed by atoms with van der Waals surface area (Å²) in [7, 11) is 0. The van der Waals surface area contributed by atoms with E-state index < -0.39 is 0 Å². The summed E-state index contributed by atoms with van der Waals surface area (Å²) >= 11 is 0. The molecule has 0 bridgehead atoms. The molecule has 0 aliphatic carbocycles. The zero-order valence-electron chi connectivity index (χ0n) is 16.1. The third-order valence-corrected chi connectivity index (χ3v) is 4.44. The SMILES string of the molecule is C=C(C)c1cccc(C(=C)C(/C=C(\C)c2ccc(C)cc2)=C(C)C)c1. The van der Waals surface area contributed by atoms with Gasteiger partial charge in [-0.3, -0.25) is 0 Å². The fraction of sp³-hybridized carbons (Fsp3) is 0.200. The van der Waals surface area contributed by atoms with Crippen molar-refractivity contribution in [1.29, 1.82) is 0 Å². The molecule has 0 aromatic heterocycles. The Hall–Kier alpha value is -2.60. The molecule has 0 radical (unpaired) electrons. The molecular weight excluding hydrogens is 300 g/mol. The van der Waals surface area contributed by atoms with Crippen molar-refractivity contribution in [3.05, 3.63) is 101 Å². The van der Waals surface area contributed by atoms with Crippen molar-refractivity contribution in [2.75, 3.05) is 0 Å². The van der Waals surface area contributed by atoms with Gasteiger partial charge in [0.05, 0.1) is 0 Å². The van der Waals surface area contributed by atoms with Crippen molar-refractivity contribution in [3.63, 3.8) is 0 Å². The maximum atomic E-state index is 4.38. The summed E-state index contributed by atoms with van der Waals surface area (Å²) in [5.74, 6) is 0. The molecule has 0 N–H and O–H groups in total. The van der Waals surface area contributed by atoms with Crippen molar-refractivity contribution >= 4 is 16.7 Å². The highest BCUT2D eigenvalue weighted by molar-refractivity contribution is 5.85. The highest BCUT2D eigenvalue weighted by Crippen LogP contribution is 2.29. The van der Waals surface area contributed by atoms with Crippen LogP contribution in [0.25, 0.3) is 16.7 Å². The first kappa shape index (κ1) is 18.7. The summed E-state index contributed by atoms with van der Waals surface area (Å²) in [6.45, 7) is 19.0. The van der Waals surface area contributed by atoms with Crippen LogP contribution in [0.1, 0.15) is 49.9 Å². The van der Waals surface area contributed by atoms with Gasteiger partial charge in [0, 0.05) is 0 Å². The maximum Gasteiger partial charge on any atom is -0.0178 e. The highest BCUT2D eigenvalue weighted by Gasteiger charge is 2.08. The molecule has 0 atom stereocenters. The predicted molar refractivity (Wildman–Crippen MR) is 113 cm³/mol. The van der Waals surface area contributed by atoms with Gasteiger partial charge >= 0.3 is 0 Å². The lowest BCUT2D eigenvalue weighted by Crippen LogP contribution is -1.92. The van der Waals surface area contributed by atoms with E-state index in [1.807, 2.05) is 6.92 Å². The van der Waals surface area contributed by atoms with Crippen LogP contribution < -0.4 is 0 Å². The van der Waals surface area contributed by atoms with Gasteiger partial charge in [0.2, 0.25) is 0 Å². The first-order chi connectivity index (χ1) is 11.8. The molecule has 0 aliphatic rings. The monoisotopic (exact) mass is 328 g/mol. The Bertz CT molecular complexity index is 851. The lowest BCUT2D eigenvalue weighted by molar-refractivity contribution is 1.34. The van der Waals surface area contributed by atoms with E-state index in [1.54, 1.807) is 0 Å². The molecular formula is C25H28. The molecule has 0 nitrogen and oxygen atoms in total. The molecule has 0 heteroatoms. The van der Waals surface area contributed by atoms with Crippen molar-refractivity contribution in [1.82, 2.24) is 0 Å². The molecule has 128 valence electrons. The van der Waals surface area contributed by atoms with Crippen LogP contribution in [-0.2, 0) is 0 Å². The van der Waals surface area contributed by atoms with Crippen molar-refractivity contribution < 1.29 is 0 Å². The number of rotatable bonds is 5. The molecule has 2 rings (SSSR count). The van der Waals surface area contributed by atoms with E-state index in [0.29, 0.717) is 0 Å². The Morgan fingerprint density at radius 3 is 1.96 bits per heavy atom. The summed E-state index contributed by atoms with van der Waals surface area (Å²) < 4.78 is 0. The normalized spacial score (nSPS) is 11.2. The van der Waals surface area contributed by atoms with Crippen LogP contribution in [0.15, 0.2) is 78.9 Å². The van der Waals surface area contributed by atoms with E-state index in [4.69, 9.17) is 0 Å². The molecule has 0 heterocycles. The third kappa shape index (κ3) is 4.70. The van der Waals surface area contributed by atoms with E-state index in [1.165, 1.54) is 27.8 Å². The second-order valence-corrected chi connectivity index (χ2v) is 6.95. The summed E-state index contributed by atoms with van der Waals surface area (Å²) in [6, 6.07) is 17.1. The first-order valence-corrected chi connectivity index (χ1v) is 8.68. The van der Waals surface area contributed by atoms with Crippen LogP contribution in [0, 0.1) is 6.92 Å². The van der Waals surface area contributed by atoms with Crippen LogP contribution in [0.4, 0.5) is 0 Å². The van der Waals surface area contributed by atoms with Crippen molar-refractivity contribution in [2.45, 2.75) is 34.6 Å². The topological polar surface area (TPSA) is 0 Å². The zero-order chi connectivity index (χ0) is 18.6. The van der Waals surface area contributed by atoms with Gasteiger partial charge in [0.15, 0.2) is 0 Å². The zero-order valence-corrected chi connectivity index (χ0v) is 16.1. The molecule has 25 heavy (non-hydrogen) atoms. The van der Waals surface area contributed by atoms with Crippen molar-refractivity contribution in [3.8, 4) is 0 Å². The van der Waals surface area contributed by atoms with Gasteiger partial charge in [0.25, 0.3) is 0 Å². The number of hydrogen-bond acceptors (Lipinski definition) is 0. The lowest BCUT2D eigenvalue weighted by atomic mass is 9.91. The number of benzene rings is 2. The molecule has 0 unspecified atom stereocenters. The minimum Gasteiger partial charge on any atom is -0.0955 e. The van der Waals surface area contributed by atoms with Gasteiger partial charge in [-0.1, -0.05) is 78.4 Å². The van der Waals surface area contributed by atoms with E-state index in [-0.39, 0.29) is 0 Å². The van der Waals surface area contributed by atoms with Crippen LogP contribution >= 0.6 is 0 Å².